The van der Waals surface area contributed by atoms with E-state index >= 15 is 0 Å². The molecule has 0 aliphatic heterocycles. The van der Waals surface area contributed by atoms with E-state index in [0.717, 1.165) is 24.6 Å². The van der Waals surface area contributed by atoms with E-state index < -0.39 is 0 Å². The van der Waals surface area contributed by atoms with Crippen molar-refractivity contribution in [3.05, 3.63) is 35.4 Å². The van der Waals surface area contributed by atoms with Crippen LogP contribution in [0, 0.1) is 5.92 Å². The first kappa shape index (κ1) is 14.1. The van der Waals surface area contributed by atoms with Gasteiger partial charge in [0.05, 0.1) is 0 Å². The molecule has 19 heavy (non-hydrogen) atoms. The Morgan fingerprint density at radius 3 is 2.68 bits per heavy atom. The Morgan fingerprint density at radius 2 is 1.95 bits per heavy atom. The molecule has 1 aromatic rings. The second-order valence-corrected chi connectivity index (χ2v) is 5.49. The molecule has 1 saturated carbocycles. The van der Waals surface area contributed by atoms with Crippen LogP contribution in [0.1, 0.15) is 54.4 Å². The van der Waals surface area contributed by atoms with Crippen molar-refractivity contribution in [2.45, 2.75) is 45.1 Å². The van der Waals surface area contributed by atoms with Gasteiger partial charge in [0.15, 0.2) is 0 Å². The summed E-state index contributed by atoms with van der Waals surface area (Å²) in [5.74, 6) is 0.553. The van der Waals surface area contributed by atoms with Crippen LogP contribution in [0.2, 0.25) is 0 Å². The topological polar surface area (TPSA) is 55.1 Å². The summed E-state index contributed by atoms with van der Waals surface area (Å²) in [6.07, 6.45) is 8.23. The van der Waals surface area contributed by atoms with E-state index in [9.17, 15) is 4.79 Å². The van der Waals surface area contributed by atoms with Gasteiger partial charge in [0.1, 0.15) is 0 Å². The Labute approximate surface area is 115 Å². The van der Waals surface area contributed by atoms with Crippen molar-refractivity contribution < 1.29 is 4.79 Å². The first-order chi connectivity index (χ1) is 9.27. The van der Waals surface area contributed by atoms with Gasteiger partial charge in [-0.3, -0.25) is 4.79 Å². The number of nitrogens with one attached hydrogen (secondary N) is 1. The van der Waals surface area contributed by atoms with E-state index in [4.69, 9.17) is 5.73 Å². The zero-order valence-corrected chi connectivity index (χ0v) is 11.5. The maximum absolute atomic E-state index is 11.3. The minimum atomic E-state index is -0.343. The Hall–Kier alpha value is -1.35. The van der Waals surface area contributed by atoms with Crippen molar-refractivity contribution in [1.82, 2.24) is 5.32 Å². The smallest absolute Gasteiger partial charge is 0.249 e. The normalized spacial score (nSPS) is 16.4. The second-order valence-electron chi connectivity index (χ2n) is 5.49. The molecule has 1 aromatic carbocycles. The Balaban J connectivity index is 1.74. The maximum Gasteiger partial charge on any atom is 0.249 e. The van der Waals surface area contributed by atoms with Gasteiger partial charge >= 0.3 is 0 Å². The fourth-order valence-corrected chi connectivity index (χ4v) is 2.92. The average Bonchev–Trinajstić information content (AvgIpc) is 2.45. The number of hydrogen-bond donors (Lipinski definition) is 2. The van der Waals surface area contributed by atoms with Crippen molar-refractivity contribution >= 4 is 5.91 Å². The largest absolute Gasteiger partial charge is 0.366 e. The molecule has 1 aliphatic carbocycles. The van der Waals surface area contributed by atoms with Crippen LogP contribution in [0.15, 0.2) is 24.3 Å². The molecule has 0 radical (unpaired) electrons. The second kappa shape index (κ2) is 7.29. The van der Waals surface area contributed by atoms with Gasteiger partial charge in [-0.2, -0.15) is 0 Å². The average molecular weight is 260 g/mol. The van der Waals surface area contributed by atoms with Crippen molar-refractivity contribution in [3.63, 3.8) is 0 Å². The van der Waals surface area contributed by atoms with Gasteiger partial charge in [-0.15, -0.1) is 0 Å². The van der Waals surface area contributed by atoms with E-state index in [2.05, 4.69) is 5.32 Å². The summed E-state index contributed by atoms with van der Waals surface area (Å²) in [7, 11) is 0. The minimum absolute atomic E-state index is 0.343. The lowest BCUT2D eigenvalue weighted by atomic mass is 9.87. The summed E-state index contributed by atoms with van der Waals surface area (Å²) >= 11 is 0. The fourth-order valence-electron chi connectivity index (χ4n) is 2.92. The molecule has 0 heterocycles. The first-order valence-corrected chi connectivity index (χ1v) is 7.36. The highest BCUT2D eigenvalue weighted by atomic mass is 16.1. The van der Waals surface area contributed by atoms with Gasteiger partial charge in [-0.1, -0.05) is 50.3 Å². The van der Waals surface area contributed by atoms with Gasteiger partial charge in [-0.25, -0.2) is 0 Å². The third-order valence-electron chi connectivity index (χ3n) is 4.05. The summed E-state index contributed by atoms with van der Waals surface area (Å²) in [5, 5.41) is 3.44. The van der Waals surface area contributed by atoms with Crippen molar-refractivity contribution in [2.24, 2.45) is 11.7 Å². The Bertz CT molecular complexity index is 411. The molecule has 0 atom stereocenters. The molecule has 3 N–H and O–H groups in total. The van der Waals surface area contributed by atoms with Crippen LogP contribution in [-0.4, -0.2) is 12.5 Å². The van der Waals surface area contributed by atoms with E-state index in [0.29, 0.717) is 5.56 Å². The standard InChI is InChI=1S/C16H24N2O/c17-16(19)15-9-5-4-8-14(15)12-18-11-10-13-6-2-1-3-7-13/h4-5,8-9,13,18H,1-3,6-7,10-12H2,(H2,17,19). The van der Waals surface area contributed by atoms with Crippen LogP contribution in [-0.2, 0) is 6.54 Å². The summed E-state index contributed by atoms with van der Waals surface area (Å²) in [4.78, 5) is 11.3. The molecular weight excluding hydrogens is 236 g/mol. The lowest BCUT2D eigenvalue weighted by molar-refractivity contribution is 0.0999. The Morgan fingerprint density at radius 1 is 1.21 bits per heavy atom. The molecular formula is C16H24N2O. The Kier molecular flexibility index (Phi) is 5.40. The van der Waals surface area contributed by atoms with Gasteiger partial charge in [0.25, 0.3) is 0 Å². The number of amides is 1. The quantitative estimate of drug-likeness (QED) is 0.773. The molecule has 2 rings (SSSR count). The van der Waals surface area contributed by atoms with Crippen LogP contribution >= 0.6 is 0 Å². The van der Waals surface area contributed by atoms with Gasteiger partial charge in [-0.05, 0) is 30.5 Å². The number of nitrogens with two attached hydrogens (primary N) is 1. The summed E-state index contributed by atoms with van der Waals surface area (Å²) in [6.45, 7) is 1.75. The van der Waals surface area contributed by atoms with Crippen LogP contribution in [0.3, 0.4) is 0 Å². The van der Waals surface area contributed by atoms with Crippen molar-refractivity contribution in [2.75, 3.05) is 6.54 Å². The third-order valence-corrected chi connectivity index (χ3v) is 4.05. The van der Waals surface area contributed by atoms with E-state index in [-0.39, 0.29) is 5.91 Å². The lowest BCUT2D eigenvalue weighted by Crippen LogP contribution is -2.21. The molecule has 104 valence electrons. The lowest BCUT2D eigenvalue weighted by Gasteiger charge is -2.21. The summed E-state index contributed by atoms with van der Waals surface area (Å²) in [5.41, 5.74) is 7.00. The van der Waals surface area contributed by atoms with E-state index in [1.54, 1.807) is 6.07 Å². The molecule has 3 nitrogen and oxygen atoms in total. The van der Waals surface area contributed by atoms with E-state index in [1.807, 2.05) is 18.2 Å². The van der Waals surface area contributed by atoms with Crippen LogP contribution in [0.25, 0.3) is 0 Å². The van der Waals surface area contributed by atoms with Crippen LogP contribution in [0.5, 0.6) is 0 Å². The minimum Gasteiger partial charge on any atom is -0.366 e. The summed E-state index contributed by atoms with van der Waals surface area (Å²) in [6, 6.07) is 7.56. The fraction of sp³-hybridized carbons (Fsp3) is 0.562. The SMILES string of the molecule is NC(=O)c1ccccc1CNCCC1CCCCC1. The van der Waals surface area contributed by atoms with Crippen molar-refractivity contribution in [1.29, 1.82) is 0 Å². The zero-order chi connectivity index (χ0) is 13.5. The molecule has 0 bridgehead atoms. The monoisotopic (exact) mass is 260 g/mol. The highest BCUT2D eigenvalue weighted by Crippen LogP contribution is 2.25. The highest BCUT2D eigenvalue weighted by molar-refractivity contribution is 5.94. The number of hydrogen-bond acceptors (Lipinski definition) is 2. The molecule has 3 heteroatoms. The number of benzene rings is 1. The first-order valence-electron chi connectivity index (χ1n) is 7.36. The molecule has 0 spiro atoms. The molecule has 1 aliphatic rings. The van der Waals surface area contributed by atoms with Gasteiger partial charge in [0.2, 0.25) is 5.91 Å². The molecule has 0 unspecified atom stereocenters. The van der Waals surface area contributed by atoms with Gasteiger partial charge < -0.3 is 11.1 Å². The number of carbonyl (C=O) groups is 1. The zero-order valence-electron chi connectivity index (χ0n) is 11.5. The maximum atomic E-state index is 11.3. The van der Waals surface area contributed by atoms with Crippen LogP contribution < -0.4 is 11.1 Å². The van der Waals surface area contributed by atoms with Crippen molar-refractivity contribution in [3.8, 4) is 0 Å². The molecule has 1 amide bonds. The van der Waals surface area contributed by atoms with E-state index in [1.165, 1.54) is 38.5 Å². The number of carbonyl (C=O) groups excluding carboxylic acids is 1. The molecule has 1 fully saturated rings. The number of rotatable bonds is 6. The number of primary amides is 1. The predicted octanol–water partition coefficient (Wildman–Crippen LogP) is 2.85. The molecule has 0 saturated heterocycles. The third kappa shape index (κ3) is 4.35. The van der Waals surface area contributed by atoms with Crippen LogP contribution in [0.4, 0.5) is 0 Å². The molecule has 0 aromatic heterocycles. The predicted molar refractivity (Wildman–Crippen MR) is 77.9 cm³/mol. The highest BCUT2D eigenvalue weighted by Gasteiger charge is 2.12. The summed E-state index contributed by atoms with van der Waals surface area (Å²) < 4.78 is 0. The van der Waals surface area contributed by atoms with Gasteiger partial charge in [0, 0.05) is 12.1 Å².